The number of piperidine rings is 4. The number of nitrogen functional groups attached to an aromatic ring is 4. The maximum Gasteiger partial charge on any atom is 0.246 e. The summed E-state index contributed by atoms with van der Waals surface area (Å²) in [5.74, 6) is 6.24. The maximum absolute atomic E-state index is 13.8. The quantitative estimate of drug-likeness (QED) is 0.0498. The molecule has 9 N–H and O–H groups in total. The summed E-state index contributed by atoms with van der Waals surface area (Å²) in [5, 5.41) is 26.4. The normalized spacial score (nSPS) is 16.7. The summed E-state index contributed by atoms with van der Waals surface area (Å²) in [6, 6.07) is 61.0. The van der Waals surface area contributed by atoms with E-state index in [1.165, 1.54) is 36.9 Å². The van der Waals surface area contributed by atoms with Gasteiger partial charge in [0.15, 0.2) is 22.6 Å². The largest absolute Gasteiger partial charge is 0.457 e. The molecule has 2 amide bonds. The number of hydrogen-bond acceptors (Lipinski definition) is 23. The number of aryl methyl sites for hydroxylation is 1. The Morgan fingerprint density at radius 2 is 0.733 bits per heavy atom. The van der Waals surface area contributed by atoms with Gasteiger partial charge in [-0.25, -0.2) is 58.6 Å². The molecule has 0 radical (unpaired) electrons. The molecule has 612 valence electrons. The Kier molecular flexibility index (Phi) is 24.8. The van der Waals surface area contributed by atoms with Gasteiger partial charge in [-0.2, -0.15) is 20.4 Å². The molecule has 29 heteroatoms. The van der Waals surface area contributed by atoms with Gasteiger partial charge in [-0.15, -0.1) is 0 Å². The molecule has 15 aromatic rings. The molecule has 7 aromatic carbocycles. The van der Waals surface area contributed by atoms with Crippen LogP contribution in [0.4, 0.5) is 23.3 Å². The van der Waals surface area contributed by atoms with Crippen molar-refractivity contribution in [3.63, 3.8) is 0 Å². The predicted molar refractivity (Wildman–Crippen MR) is 469 cm³/mol. The first-order valence-electron chi connectivity index (χ1n) is 40.0. The second-order valence-electron chi connectivity index (χ2n) is 30.0. The zero-order valence-corrected chi connectivity index (χ0v) is 65.4. The minimum atomic E-state index is -0.0699. The lowest BCUT2D eigenvalue weighted by molar-refractivity contribution is -0.133. The van der Waals surface area contributed by atoms with Gasteiger partial charge in [0.05, 0.1) is 45.7 Å². The molecule has 29 nitrogen and oxygen atoms in total. The Morgan fingerprint density at radius 3 is 1.10 bits per heavy atom. The first kappa shape index (κ1) is 81.1. The molecule has 120 heavy (non-hydrogen) atoms. The number of nitrogens with two attached hydrogens (primary N) is 4. The average molecular weight is 1610 g/mol. The van der Waals surface area contributed by atoms with Crippen molar-refractivity contribution in [1.29, 1.82) is 0 Å². The number of nitrogens with one attached hydrogen (secondary N) is 1. The number of carbonyl (C=O) groups excluding carboxylic acids is 2. The molecule has 8 aromatic heterocycles. The van der Waals surface area contributed by atoms with Crippen molar-refractivity contribution in [3.05, 3.63) is 232 Å². The number of ether oxygens (including phenoxy) is 3. The smallest absolute Gasteiger partial charge is 0.246 e. The van der Waals surface area contributed by atoms with Crippen LogP contribution in [0.25, 0.3) is 89.2 Å². The van der Waals surface area contributed by atoms with Crippen molar-refractivity contribution in [1.82, 2.24) is 99.0 Å². The van der Waals surface area contributed by atoms with E-state index in [9.17, 15) is 9.59 Å². The second-order valence-corrected chi connectivity index (χ2v) is 30.0. The SMILES string of the molecule is C.C.C=CC(=O)N1CCC[C@@H](n2nc(-c3ccc(Oc4ccccc4)cc3)c3c(N)ncnc32)C1.Cc1ccc(-c2nn(C3CCCN(CCC(=O)N4CCC[C@@H](n5nc(-c6ccc(Oc7ccccc7)cc6)c6c(N)ncnc65)C4)C3)c3ncnc(N)c23)cc1.Nc1ncnc2c1c(-c1ccc(Oc3ccccc3)cc1)nn2[C@@H]1CCCNC1. The van der Waals surface area contributed by atoms with E-state index in [0.717, 1.165) is 168 Å². The number of aromatic nitrogens is 16. The summed E-state index contributed by atoms with van der Waals surface area (Å²) in [5.41, 5.74) is 36.1. The Labute approximate surface area is 695 Å². The Hall–Kier alpha value is -14.1. The summed E-state index contributed by atoms with van der Waals surface area (Å²) in [6.07, 6.45) is 15.4. The van der Waals surface area contributed by atoms with Gasteiger partial charge in [-0.1, -0.05) is 106 Å². The highest BCUT2D eigenvalue weighted by molar-refractivity contribution is 6.01. The molecule has 4 fully saturated rings. The van der Waals surface area contributed by atoms with Crippen LogP contribution < -0.4 is 42.5 Å². The van der Waals surface area contributed by atoms with Crippen molar-refractivity contribution in [2.24, 2.45) is 0 Å². The molecule has 4 aliphatic heterocycles. The van der Waals surface area contributed by atoms with Crippen LogP contribution in [0.2, 0.25) is 0 Å². The molecule has 12 heterocycles. The van der Waals surface area contributed by atoms with Gasteiger partial charge in [0, 0.05) is 74.5 Å². The summed E-state index contributed by atoms with van der Waals surface area (Å²) in [6.45, 7) is 12.5. The number of carbonyl (C=O) groups is 2. The number of anilines is 4. The highest BCUT2D eigenvalue weighted by Gasteiger charge is 2.33. The lowest BCUT2D eigenvalue weighted by Crippen LogP contribution is -2.43. The number of amides is 2. The van der Waals surface area contributed by atoms with Crippen molar-refractivity contribution >= 4 is 79.2 Å². The molecule has 0 bridgehead atoms. The minimum absolute atomic E-state index is 0. The Bertz CT molecular complexity index is 6040. The molecule has 1 unspecified atom stereocenters. The fraction of sp³-hybridized carbons (Fsp3) is 0.275. The molecular formula is C91H98N24O5. The molecule has 19 rings (SSSR count). The van der Waals surface area contributed by atoms with Gasteiger partial charge in [0.25, 0.3) is 0 Å². The number of rotatable bonds is 18. The van der Waals surface area contributed by atoms with E-state index >= 15 is 0 Å². The zero-order chi connectivity index (χ0) is 80.6. The van der Waals surface area contributed by atoms with Crippen molar-refractivity contribution in [2.75, 3.05) is 81.8 Å². The summed E-state index contributed by atoms with van der Waals surface area (Å²) in [4.78, 5) is 67.4. The molecular weight excluding hydrogens is 1510 g/mol. The van der Waals surface area contributed by atoms with Gasteiger partial charge >= 0.3 is 0 Å². The first-order valence-corrected chi connectivity index (χ1v) is 40.0. The Balaban J connectivity index is 0.000000150. The van der Waals surface area contributed by atoms with Crippen LogP contribution in [0.1, 0.15) is 102 Å². The van der Waals surface area contributed by atoms with Crippen LogP contribution >= 0.6 is 0 Å². The summed E-state index contributed by atoms with van der Waals surface area (Å²) in [7, 11) is 0. The van der Waals surface area contributed by atoms with E-state index in [1.807, 2.05) is 187 Å². The fourth-order valence-corrected chi connectivity index (χ4v) is 16.2. The highest BCUT2D eigenvalue weighted by atomic mass is 16.5. The van der Waals surface area contributed by atoms with Crippen molar-refractivity contribution in [3.8, 4) is 79.5 Å². The molecule has 4 atom stereocenters. The lowest BCUT2D eigenvalue weighted by Gasteiger charge is -2.35. The number of para-hydroxylation sites is 3. The van der Waals surface area contributed by atoms with E-state index < -0.39 is 0 Å². The van der Waals surface area contributed by atoms with Crippen LogP contribution in [0, 0.1) is 6.92 Å². The fourth-order valence-electron chi connectivity index (χ4n) is 16.2. The number of hydrogen-bond donors (Lipinski definition) is 5. The highest BCUT2D eigenvalue weighted by Crippen LogP contribution is 2.41. The van der Waals surface area contributed by atoms with Gasteiger partial charge in [-0.3, -0.25) is 9.59 Å². The lowest BCUT2D eigenvalue weighted by atomic mass is 10.0. The van der Waals surface area contributed by atoms with E-state index in [2.05, 4.69) is 87.9 Å². The van der Waals surface area contributed by atoms with Crippen LogP contribution in [-0.4, -0.2) is 164 Å². The molecule has 4 aliphatic rings. The van der Waals surface area contributed by atoms with E-state index in [0.29, 0.717) is 95.9 Å². The number of likely N-dealkylation sites (tertiary alicyclic amines) is 3. The number of nitrogens with zero attached hydrogens (tertiary/aromatic N) is 19. The van der Waals surface area contributed by atoms with Crippen molar-refractivity contribution in [2.45, 2.75) is 104 Å². The molecule has 0 saturated carbocycles. The third-order valence-corrected chi connectivity index (χ3v) is 22.1. The monoisotopic (exact) mass is 1610 g/mol. The van der Waals surface area contributed by atoms with Crippen LogP contribution in [-0.2, 0) is 9.59 Å². The van der Waals surface area contributed by atoms with Gasteiger partial charge < -0.3 is 57.2 Å². The third kappa shape index (κ3) is 17.5. The maximum atomic E-state index is 13.8. The number of benzene rings is 7. The Morgan fingerprint density at radius 1 is 0.408 bits per heavy atom. The van der Waals surface area contributed by atoms with Crippen LogP contribution in [0.15, 0.2) is 226 Å². The van der Waals surface area contributed by atoms with Crippen LogP contribution in [0.3, 0.4) is 0 Å². The summed E-state index contributed by atoms with van der Waals surface area (Å²) < 4.78 is 25.7. The van der Waals surface area contributed by atoms with E-state index in [1.54, 1.807) is 4.90 Å². The standard InChI is InChI=1S/C42H44N12O2.C25H24N6O2.C22H22N6O.2CH4/c1-27-11-13-28(14-12-27)37-35-39(43)45-25-47-41(35)53(49-37)30-7-5-20-51(23-30)22-19-34(55)52-21-6-8-31(24-52)54-42-36(40(44)46-26-48-42)38(50-54)29-15-17-33(18-16-29)56-32-9-3-2-4-10-32;1-2-21(32)30-14-6-7-18(15-30)31-25-22(24(26)27-16-28-25)23(29-31)17-10-12-20(13-11-17)33-19-8-4-3-5-9-19;23-21-19-20(15-8-10-18(11-9-15)29-17-6-2-1-3-7-17)27-28(22(19)26-14-25-21)16-5-4-12-24-13-16;;/h2-4,9-18,25-26,30-31H,5-8,19-24H2,1H3,(H2,43,45,47)(H2,44,46,48);2-5,8-13,16,18H,1,6-7,14-15H2,(H2,26,27,28);1-3,6-11,14,16,24H,4-5,12-13H2,(H2,23,25,26);2*1H4/t30?,31-;18-;16-;;/m111../s1. The first-order chi connectivity index (χ1) is 57.8. The van der Waals surface area contributed by atoms with Gasteiger partial charge in [0.1, 0.15) is 106 Å². The topological polar surface area (TPSA) is 362 Å². The zero-order valence-electron chi connectivity index (χ0n) is 65.4. The van der Waals surface area contributed by atoms with E-state index in [4.69, 9.17) is 57.5 Å². The molecule has 0 aliphatic carbocycles. The summed E-state index contributed by atoms with van der Waals surface area (Å²) >= 11 is 0. The molecule has 4 saturated heterocycles. The number of fused-ring (bicyclic) bond motifs is 4. The average Bonchev–Trinajstić information content (AvgIpc) is 1.63. The second kappa shape index (κ2) is 36.6. The van der Waals surface area contributed by atoms with Crippen LogP contribution in [0.5, 0.6) is 34.5 Å². The molecule has 0 spiro atoms. The third-order valence-electron chi connectivity index (χ3n) is 22.1. The van der Waals surface area contributed by atoms with Gasteiger partial charge in [-0.05, 0) is 187 Å². The van der Waals surface area contributed by atoms with Gasteiger partial charge in [0.2, 0.25) is 11.8 Å². The van der Waals surface area contributed by atoms with Crippen molar-refractivity contribution < 1.29 is 23.8 Å². The predicted octanol–water partition coefficient (Wildman–Crippen LogP) is 15.7. The van der Waals surface area contributed by atoms with E-state index in [-0.39, 0.29) is 50.8 Å². The minimum Gasteiger partial charge on any atom is -0.457 e.